The Morgan fingerprint density at radius 2 is 0.647 bits per heavy atom. The number of rotatable bonds is 5. The maximum Gasteiger partial charge on any atom is 0.0355 e. The van der Waals surface area contributed by atoms with Gasteiger partial charge in [0.05, 0.1) is 0 Å². The van der Waals surface area contributed by atoms with Crippen LogP contribution in [0.15, 0.2) is 194 Å². The Morgan fingerprint density at radius 1 is 0.216 bits per heavy atom. The highest BCUT2D eigenvalue weighted by Gasteiger charge is 2.18. The number of benzene rings is 9. The fraction of sp³-hybridized carbons (Fsp3) is 0. The first kappa shape index (κ1) is 29.6. The van der Waals surface area contributed by atoms with Gasteiger partial charge in [0.25, 0.3) is 0 Å². The van der Waals surface area contributed by atoms with Crippen LogP contribution in [0.5, 0.6) is 0 Å². The monoisotopic (exact) mass is 664 g/mol. The van der Waals surface area contributed by atoms with Crippen molar-refractivity contribution >= 4 is 53.1 Å². The summed E-state index contributed by atoms with van der Waals surface area (Å²) in [4.78, 5) is 0. The Kier molecular flexibility index (Phi) is 7.11. The molecule has 0 saturated heterocycles. The molecule has 1 heterocycles. The van der Waals surface area contributed by atoms with Gasteiger partial charge in [0.2, 0.25) is 0 Å². The molecule has 0 radical (unpaired) electrons. The van der Waals surface area contributed by atoms with Crippen LogP contribution >= 0.6 is 11.3 Å². The second kappa shape index (κ2) is 12.2. The molecule has 0 N–H and O–H groups in total. The molecule has 1 heteroatoms. The van der Waals surface area contributed by atoms with Gasteiger partial charge in [-0.15, -0.1) is 11.3 Å². The average molecular weight is 665 g/mol. The van der Waals surface area contributed by atoms with Crippen LogP contribution in [0.4, 0.5) is 0 Å². The maximum absolute atomic E-state index is 2.42. The Morgan fingerprint density at radius 3 is 1.35 bits per heavy atom. The van der Waals surface area contributed by atoms with Crippen molar-refractivity contribution in [1.82, 2.24) is 0 Å². The third-order valence-electron chi connectivity index (χ3n) is 10.3. The summed E-state index contributed by atoms with van der Waals surface area (Å²) in [5, 5.41) is 7.70. The van der Waals surface area contributed by atoms with Crippen molar-refractivity contribution in [1.29, 1.82) is 0 Å². The second-order valence-electron chi connectivity index (χ2n) is 13.3. The number of thiophene rings is 1. The van der Waals surface area contributed by atoms with Crippen LogP contribution in [0.25, 0.3) is 97.4 Å². The lowest BCUT2D eigenvalue weighted by molar-refractivity contribution is 1.60. The number of fused-ring (bicyclic) bond motifs is 5. The van der Waals surface area contributed by atoms with E-state index < -0.39 is 0 Å². The Hall–Kier alpha value is -6.28. The van der Waals surface area contributed by atoms with E-state index in [4.69, 9.17) is 0 Å². The van der Waals surface area contributed by atoms with E-state index in [1.165, 1.54) is 97.4 Å². The van der Waals surface area contributed by atoms with Gasteiger partial charge in [0.1, 0.15) is 0 Å². The van der Waals surface area contributed by atoms with Crippen LogP contribution in [-0.2, 0) is 0 Å². The molecule has 10 rings (SSSR count). The summed E-state index contributed by atoms with van der Waals surface area (Å²) in [6.07, 6.45) is 0. The molecular formula is C50H32S. The second-order valence-corrected chi connectivity index (χ2v) is 14.3. The normalized spacial score (nSPS) is 11.5. The summed E-state index contributed by atoms with van der Waals surface area (Å²) in [7, 11) is 0. The van der Waals surface area contributed by atoms with Crippen molar-refractivity contribution < 1.29 is 0 Å². The average Bonchev–Trinajstić information content (AvgIpc) is 3.58. The summed E-state index contributed by atoms with van der Waals surface area (Å²) < 4.78 is 2.66. The van der Waals surface area contributed by atoms with E-state index >= 15 is 0 Å². The van der Waals surface area contributed by atoms with E-state index in [0.29, 0.717) is 0 Å². The van der Waals surface area contributed by atoms with Crippen molar-refractivity contribution in [2.75, 3.05) is 0 Å². The van der Waals surface area contributed by atoms with E-state index in [1.54, 1.807) is 0 Å². The van der Waals surface area contributed by atoms with E-state index in [1.807, 2.05) is 11.3 Å². The van der Waals surface area contributed by atoms with E-state index in [0.717, 1.165) is 0 Å². The molecule has 9 aromatic carbocycles. The van der Waals surface area contributed by atoms with Gasteiger partial charge in [0, 0.05) is 20.2 Å². The first-order valence-electron chi connectivity index (χ1n) is 17.5. The standard InChI is InChI=1S/C50H32S/c1-3-13-33(14-4-1)35-17-12-20-40(30-35)50-43-23-8-7-22-42(43)49(34-15-5-2-6-16-34)44-27-25-38(32-46(44)50)36-18-11-19-37(29-36)39-26-28-48-45(31-39)41-21-9-10-24-47(41)51-48/h1-32H. The van der Waals surface area contributed by atoms with Crippen LogP contribution in [0.2, 0.25) is 0 Å². The summed E-state index contributed by atoms with van der Waals surface area (Å²) in [6.45, 7) is 0. The highest BCUT2D eigenvalue weighted by molar-refractivity contribution is 7.25. The lowest BCUT2D eigenvalue weighted by Gasteiger charge is -2.19. The van der Waals surface area contributed by atoms with Crippen molar-refractivity contribution in [3.05, 3.63) is 194 Å². The Balaban J connectivity index is 1.20. The van der Waals surface area contributed by atoms with E-state index in [9.17, 15) is 0 Å². The van der Waals surface area contributed by atoms with Crippen LogP contribution in [-0.4, -0.2) is 0 Å². The maximum atomic E-state index is 2.42. The van der Waals surface area contributed by atoms with E-state index in [2.05, 4.69) is 194 Å². The summed E-state index contributed by atoms with van der Waals surface area (Å²) >= 11 is 1.87. The quantitative estimate of drug-likeness (QED) is 0.161. The fourth-order valence-corrected chi connectivity index (χ4v) is 8.94. The smallest absolute Gasteiger partial charge is 0.0355 e. The minimum Gasteiger partial charge on any atom is -0.135 e. The van der Waals surface area contributed by atoms with Crippen LogP contribution < -0.4 is 0 Å². The Labute approximate surface area is 301 Å². The van der Waals surface area contributed by atoms with Gasteiger partial charge in [-0.3, -0.25) is 0 Å². The van der Waals surface area contributed by atoms with Gasteiger partial charge < -0.3 is 0 Å². The SMILES string of the molecule is c1ccc(-c2cccc(-c3c4ccccc4c(-c4ccccc4)c4ccc(-c5cccc(-c6ccc7sc8ccccc8c7c6)c5)cc34)c2)cc1. The molecule has 0 fully saturated rings. The van der Waals surface area contributed by atoms with Crippen molar-refractivity contribution in [2.45, 2.75) is 0 Å². The minimum absolute atomic E-state index is 1.21. The van der Waals surface area contributed by atoms with Crippen molar-refractivity contribution in [3.8, 4) is 55.6 Å². The van der Waals surface area contributed by atoms with Crippen LogP contribution in [0, 0.1) is 0 Å². The largest absolute Gasteiger partial charge is 0.135 e. The molecule has 0 nitrogen and oxygen atoms in total. The lowest BCUT2D eigenvalue weighted by Crippen LogP contribution is -1.92. The van der Waals surface area contributed by atoms with Crippen molar-refractivity contribution in [3.63, 3.8) is 0 Å². The third kappa shape index (κ3) is 5.14. The lowest BCUT2D eigenvalue weighted by atomic mass is 9.84. The number of hydrogen-bond acceptors (Lipinski definition) is 1. The first-order valence-corrected chi connectivity index (χ1v) is 18.3. The Bertz CT molecular complexity index is 2900. The summed E-state index contributed by atoms with van der Waals surface area (Å²) in [6, 6.07) is 71.3. The molecule has 238 valence electrons. The molecule has 0 aliphatic carbocycles. The highest BCUT2D eigenvalue weighted by Crippen LogP contribution is 2.45. The van der Waals surface area contributed by atoms with Gasteiger partial charge in [0.15, 0.2) is 0 Å². The molecule has 1 aromatic heterocycles. The highest BCUT2D eigenvalue weighted by atomic mass is 32.1. The molecule has 51 heavy (non-hydrogen) atoms. The van der Waals surface area contributed by atoms with Gasteiger partial charge in [-0.05, 0) is 114 Å². The molecule has 0 unspecified atom stereocenters. The molecule has 0 bridgehead atoms. The molecule has 0 saturated carbocycles. The zero-order valence-corrected chi connectivity index (χ0v) is 28.7. The molecule has 0 aliphatic heterocycles. The predicted octanol–water partition coefficient (Wildman–Crippen LogP) is 14.7. The molecule has 0 aliphatic rings. The third-order valence-corrected chi connectivity index (χ3v) is 11.4. The molecule has 10 aromatic rings. The molecule has 0 atom stereocenters. The van der Waals surface area contributed by atoms with Gasteiger partial charge in [-0.2, -0.15) is 0 Å². The van der Waals surface area contributed by atoms with Gasteiger partial charge in [-0.25, -0.2) is 0 Å². The molecule has 0 amide bonds. The first-order chi connectivity index (χ1) is 25.3. The topological polar surface area (TPSA) is 0 Å². The molecular weight excluding hydrogens is 633 g/mol. The van der Waals surface area contributed by atoms with Crippen LogP contribution in [0.3, 0.4) is 0 Å². The minimum atomic E-state index is 1.21. The molecule has 0 spiro atoms. The van der Waals surface area contributed by atoms with Gasteiger partial charge in [-0.1, -0.05) is 158 Å². The van der Waals surface area contributed by atoms with Crippen LogP contribution in [0.1, 0.15) is 0 Å². The van der Waals surface area contributed by atoms with Gasteiger partial charge >= 0.3 is 0 Å². The predicted molar refractivity (Wildman–Crippen MR) is 222 cm³/mol. The van der Waals surface area contributed by atoms with E-state index in [-0.39, 0.29) is 0 Å². The summed E-state index contributed by atoms with van der Waals surface area (Å²) in [5.41, 5.74) is 12.3. The summed E-state index contributed by atoms with van der Waals surface area (Å²) in [5.74, 6) is 0. The fourth-order valence-electron chi connectivity index (χ4n) is 7.85. The zero-order valence-electron chi connectivity index (χ0n) is 27.9. The zero-order chi connectivity index (χ0) is 33.7. The van der Waals surface area contributed by atoms with Crippen molar-refractivity contribution in [2.24, 2.45) is 0 Å². The number of hydrogen-bond donors (Lipinski definition) is 0.